The molecule has 0 spiro atoms. The van der Waals surface area contributed by atoms with Crippen LogP contribution in [0.2, 0.25) is 0 Å². The summed E-state index contributed by atoms with van der Waals surface area (Å²) in [5.74, 6) is -1.15. The van der Waals surface area contributed by atoms with Crippen LogP contribution >= 0.6 is 0 Å². The van der Waals surface area contributed by atoms with Crippen molar-refractivity contribution in [3.05, 3.63) is 53.6 Å². The summed E-state index contributed by atoms with van der Waals surface area (Å²) in [5.41, 5.74) is 6.74. The number of rotatable bonds is 8. The quantitative estimate of drug-likeness (QED) is 0.522. The maximum Gasteiger partial charge on any atom is 0.320 e. The molecule has 0 radical (unpaired) electrons. The summed E-state index contributed by atoms with van der Waals surface area (Å²) in [7, 11) is -7.89. The van der Waals surface area contributed by atoms with Gasteiger partial charge in [0.15, 0.2) is 0 Å². The van der Waals surface area contributed by atoms with Crippen LogP contribution in [0.25, 0.3) is 0 Å². The van der Waals surface area contributed by atoms with E-state index in [1.165, 1.54) is 34.6 Å². The highest BCUT2D eigenvalue weighted by molar-refractivity contribution is 7.93. The van der Waals surface area contributed by atoms with E-state index in [0.717, 1.165) is 19.3 Å². The molecule has 0 saturated carbocycles. The van der Waals surface area contributed by atoms with Gasteiger partial charge in [-0.3, -0.25) is 9.52 Å². The van der Waals surface area contributed by atoms with Gasteiger partial charge in [-0.1, -0.05) is 24.6 Å². The van der Waals surface area contributed by atoms with E-state index in [1.807, 2.05) is 0 Å². The number of carboxylic acid groups (broad SMARTS) is 1. The first-order valence-electron chi connectivity index (χ1n) is 10.2. The van der Waals surface area contributed by atoms with Crippen molar-refractivity contribution < 1.29 is 26.7 Å². The number of carbonyl (C=O) groups is 1. The number of benzene rings is 2. The number of sulfonamides is 2. The van der Waals surface area contributed by atoms with Gasteiger partial charge in [-0.25, -0.2) is 16.8 Å². The first-order valence-corrected chi connectivity index (χ1v) is 13.1. The lowest BCUT2D eigenvalue weighted by atomic mass is 10.1. The summed E-state index contributed by atoms with van der Waals surface area (Å²) < 4.78 is 56.0. The van der Waals surface area contributed by atoms with Gasteiger partial charge in [0.2, 0.25) is 10.0 Å². The summed E-state index contributed by atoms with van der Waals surface area (Å²) >= 11 is 0. The fourth-order valence-electron chi connectivity index (χ4n) is 3.60. The van der Waals surface area contributed by atoms with E-state index in [-0.39, 0.29) is 21.9 Å². The molecule has 2 aromatic rings. The summed E-state index contributed by atoms with van der Waals surface area (Å²) in [6.45, 7) is 2.43. The van der Waals surface area contributed by atoms with Crippen LogP contribution in [0, 0.1) is 6.92 Å². The number of nitrogens with two attached hydrogens (primary N) is 1. The lowest BCUT2D eigenvalue weighted by Gasteiger charge is -2.26. The first kappa shape index (κ1) is 24.2. The molecule has 1 aliphatic rings. The van der Waals surface area contributed by atoms with Crippen LogP contribution in [0.3, 0.4) is 0 Å². The molecule has 11 heteroatoms. The first-order chi connectivity index (χ1) is 15.0. The van der Waals surface area contributed by atoms with Crippen molar-refractivity contribution in [2.45, 2.75) is 48.4 Å². The van der Waals surface area contributed by atoms with Crippen LogP contribution in [0.5, 0.6) is 0 Å². The minimum Gasteiger partial charge on any atom is -0.480 e. The van der Waals surface area contributed by atoms with E-state index >= 15 is 0 Å². The normalized spacial score (nSPS) is 16.4. The molecule has 2 aromatic carbocycles. The van der Waals surface area contributed by atoms with Crippen LogP contribution in [-0.4, -0.2) is 51.3 Å². The summed E-state index contributed by atoms with van der Waals surface area (Å²) in [6, 6.07) is 9.25. The van der Waals surface area contributed by atoms with Gasteiger partial charge in [0.25, 0.3) is 10.0 Å². The van der Waals surface area contributed by atoms with Gasteiger partial charge in [-0.05, 0) is 61.6 Å². The average molecular weight is 482 g/mol. The zero-order valence-corrected chi connectivity index (χ0v) is 19.3. The minimum absolute atomic E-state index is 0.0352. The Bertz CT molecular complexity index is 1210. The Kier molecular flexibility index (Phi) is 7.23. The van der Waals surface area contributed by atoms with Crippen molar-refractivity contribution in [2.24, 2.45) is 5.73 Å². The highest BCUT2D eigenvalue weighted by Crippen LogP contribution is 2.26. The van der Waals surface area contributed by atoms with Crippen LogP contribution < -0.4 is 10.5 Å². The second kappa shape index (κ2) is 9.57. The van der Waals surface area contributed by atoms with E-state index in [4.69, 9.17) is 10.8 Å². The van der Waals surface area contributed by atoms with Crippen molar-refractivity contribution in [2.75, 3.05) is 17.8 Å². The maximum atomic E-state index is 13.1. The van der Waals surface area contributed by atoms with Crippen LogP contribution in [0.4, 0.5) is 5.69 Å². The molecule has 1 heterocycles. The van der Waals surface area contributed by atoms with E-state index < -0.39 is 32.1 Å². The number of aliphatic carboxylic acids is 1. The van der Waals surface area contributed by atoms with E-state index in [0.29, 0.717) is 24.2 Å². The molecule has 1 fully saturated rings. The lowest BCUT2D eigenvalue weighted by molar-refractivity contribution is -0.138. The molecule has 3 rings (SSSR count). The molecule has 4 N–H and O–H groups in total. The number of nitrogens with one attached hydrogen (secondary N) is 1. The smallest absolute Gasteiger partial charge is 0.320 e. The maximum absolute atomic E-state index is 13.1. The second-order valence-corrected chi connectivity index (χ2v) is 11.4. The van der Waals surface area contributed by atoms with Crippen molar-refractivity contribution in [1.82, 2.24) is 4.31 Å². The molecule has 9 nitrogen and oxygen atoms in total. The Balaban J connectivity index is 1.89. The van der Waals surface area contributed by atoms with E-state index in [2.05, 4.69) is 4.72 Å². The zero-order chi connectivity index (χ0) is 23.5. The third kappa shape index (κ3) is 5.47. The van der Waals surface area contributed by atoms with Gasteiger partial charge in [-0.2, -0.15) is 4.31 Å². The Hall–Kier alpha value is -2.47. The fourth-order valence-corrected chi connectivity index (χ4v) is 6.54. The number of hydrogen-bond acceptors (Lipinski definition) is 6. The number of hydrogen-bond donors (Lipinski definition) is 3. The Morgan fingerprint density at radius 2 is 1.78 bits per heavy atom. The summed E-state index contributed by atoms with van der Waals surface area (Å²) in [6.07, 6.45) is 2.56. The van der Waals surface area contributed by atoms with Gasteiger partial charge in [-0.15, -0.1) is 0 Å². The minimum atomic E-state index is -4.10. The Morgan fingerprint density at radius 1 is 1.09 bits per heavy atom. The van der Waals surface area contributed by atoms with Crippen molar-refractivity contribution >= 4 is 31.7 Å². The highest BCUT2D eigenvalue weighted by atomic mass is 32.2. The molecule has 174 valence electrons. The average Bonchev–Trinajstić information content (AvgIpc) is 2.74. The van der Waals surface area contributed by atoms with Crippen molar-refractivity contribution in [3.63, 3.8) is 0 Å². The fraction of sp³-hybridized carbons (Fsp3) is 0.381. The Morgan fingerprint density at radius 3 is 2.44 bits per heavy atom. The number of carboxylic acids is 1. The van der Waals surface area contributed by atoms with Crippen LogP contribution in [0.1, 0.15) is 30.4 Å². The molecule has 1 saturated heterocycles. The number of aryl methyl sites for hydroxylation is 1. The highest BCUT2D eigenvalue weighted by Gasteiger charge is 2.28. The van der Waals surface area contributed by atoms with Gasteiger partial charge in [0.05, 0.1) is 9.79 Å². The SMILES string of the molecule is Cc1ccc(S(=O)(=O)N2CCCCC2)cc1S(=O)(=O)Nc1cccc(CC(N)C(=O)O)c1. The van der Waals surface area contributed by atoms with Crippen LogP contribution in [-0.2, 0) is 31.3 Å². The molecule has 0 bridgehead atoms. The van der Waals surface area contributed by atoms with Gasteiger partial charge < -0.3 is 10.8 Å². The topological polar surface area (TPSA) is 147 Å². The van der Waals surface area contributed by atoms with Crippen molar-refractivity contribution in [1.29, 1.82) is 0 Å². The molecule has 0 aliphatic carbocycles. The van der Waals surface area contributed by atoms with Crippen molar-refractivity contribution in [3.8, 4) is 0 Å². The molecule has 1 unspecified atom stereocenters. The molecular formula is C21H27N3O6S2. The van der Waals surface area contributed by atoms with Crippen LogP contribution in [0.15, 0.2) is 52.3 Å². The van der Waals surface area contributed by atoms with Gasteiger partial charge >= 0.3 is 5.97 Å². The molecular weight excluding hydrogens is 454 g/mol. The third-order valence-electron chi connectivity index (χ3n) is 5.35. The standard InChI is InChI=1S/C21H27N3O6S2/c1-15-8-9-18(32(29,30)24-10-3-2-4-11-24)14-20(15)31(27,28)23-17-7-5-6-16(12-17)13-19(22)21(25)26/h5-9,12,14,19,23H,2-4,10-11,13,22H2,1H3,(H,25,26). The molecule has 1 aliphatic heterocycles. The predicted molar refractivity (Wildman–Crippen MR) is 120 cm³/mol. The monoisotopic (exact) mass is 481 g/mol. The summed E-state index contributed by atoms with van der Waals surface area (Å²) in [4.78, 5) is 10.8. The number of piperidine rings is 1. The van der Waals surface area contributed by atoms with E-state index in [9.17, 15) is 21.6 Å². The molecule has 0 amide bonds. The van der Waals surface area contributed by atoms with E-state index in [1.54, 1.807) is 19.1 Å². The van der Waals surface area contributed by atoms with Gasteiger partial charge in [0.1, 0.15) is 6.04 Å². The zero-order valence-electron chi connectivity index (χ0n) is 17.7. The largest absolute Gasteiger partial charge is 0.480 e. The second-order valence-electron chi connectivity index (χ2n) is 7.85. The predicted octanol–water partition coefficient (Wildman–Crippen LogP) is 1.92. The Labute approximate surface area is 188 Å². The van der Waals surface area contributed by atoms with Gasteiger partial charge in [0, 0.05) is 18.8 Å². The number of nitrogens with zero attached hydrogens (tertiary/aromatic N) is 1. The molecule has 32 heavy (non-hydrogen) atoms. The number of anilines is 1. The lowest BCUT2D eigenvalue weighted by Crippen LogP contribution is -2.35. The molecule has 0 aromatic heterocycles. The third-order valence-corrected chi connectivity index (χ3v) is 8.77. The summed E-state index contributed by atoms with van der Waals surface area (Å²) in [5, 5.41) is 8.98. The molecule has 1 atom stereocenters.